The van der Waals surface area contributed by atoms with E-state index in [-0.39, 0.29) is 17.4 Å². The molecule has 9 heteroatoms. The van der Waals surface area contributed by atoms with Crippen LogP contribution in [0.5, 0.6) is 17.4 Å². The molecule has 0 amide bonds. The van der Waals surface area contributed by atoms with Gasteiger partial charge >= 0.3 is 23.9 Å². The Hall–Kier alpha value is -3.49. The average Bonchev–Trinajstić information content (AvgIpc) is 2.68. The van der Waals surface area contributed by atoms with Crippen molar-refractivity contribution in [1.29, 1.82) is 0 Å². The topological polar surface area (TPSA) is 118 Å². The summed E-state index contributed by atoms with van der Waals surface area (Å²) in [6, 6.07) is 0. The monoisotopic (exact) mass is 385 g/mol. The Morgan fingerprint density at radius 1 is 0.750 bits per heavy atom. The van der Waals surface area contributed by atoms with Crippen molar-refractivity contribution >= 4 is 23.9 Å². The molecule has 0 radical (unpaired) electrons. The summed E-state index contributed by atoms with van der Waals surface area (Å²) in [6.07, 6.45) is 6.36. The van der Waals surface area contributed by atoms with E-state index in [2.05, 4.69) is 4.98 Å². The average molecular weight is 385 g/mol. The van der Waals surface area contributed by atoms with Crippen molar-refractivity contribution in [3.8, 4) is 17.4 Å². The standard InChI is InChI=1S/C19H15NO8/c21-12-6-7-13(22)26-17-16-10(4-2-1-3-5-11(16)25-12)20-19-18(17)27-14(23)8-9-15(24)28-19/h6-9,11H,1-5H2/b7-6-,9-8-. The van der Waals surface area contributed by atoms with E-state index in [1.165, 1.54) is 0 Å². The quantitative estimate of drug-likeness (QED) is 0.614. The zero-order chi connectivity index (χ0) is 19.7. The molecule has 0 aromatic carbocycles. The van der Waals surface area contributed by atoms with Crippen LogP contribution >= 0.6 is 0 Å². The fraction of sp³-hybridized carbons (Fsp3) is 0.316. The Bertz CT molecular complexity index is 946. The van der Waals surface area contributed by atoms with Gasteiger partial charge in [-0.3, -0.25) is 0 Å². The molecule has 28 heavy (non-hydrogen) atoms. The predicted octanol–water partition coefficient (Wildman–Crippen LogP) is 1.64. The molecule has 9 nitrogen and oxygen atoms in total. The normalized spacial score (nSPS) is 23.9. The van der Waals surface area contributed by atoms with Crippen molar-refractivity contribution in [3.05, 3.63) is 35.6 Å². The molecule has 0 N–H and O–H groups in total. The van der Waals surface area contributed by atoms with E-state index in [0.29, 0.717) is 24.1 Å². The van der Waals surface area contributed by atoms with Gasteiger partial charge in [0.2, 0.25) is 5.75 Å². The highest BCUT2D eigenvalue weighted by atomic mass is 16.6. The molecule has 144 valence electrons. The number of hydrogen-bond donors (Lipinski definition) is 0. The first-order valence-electron chi connectivity index (χ1n) is 8.80. The lowest BCUT2D eigenvalue weighted by Crippen LogP contribution is -2.20. The van der Waals surface area contributed by atoms with Gasteiger partial charge in [0.1, 0.15) is 6.10 Å². The summed E-state index contributed by atoms with van der Waals surface area (Å²) in [5.41, 5.74) is 0.798. The molecule has 2 aliphatic heterocycles. The molecular formula is C19H15NO8. The van der Waals surface area contributed by atoms with E-state index in [1.807, 2.05) is 0 Å². The third kappa shape index (κ3) is 3.51. The smallest absolute Gasteiger partial charge is 0.337 e. The van der Waals surface area contributed by atoms with Gasteiger partial charge in [-0.2, -0.15) is 0 Å². The second-order valence-electron chi connectivity index (χ2n) is 6.39. The number of fused-ring (bicyclic) bond motifs is 2. The summed E-state index contributed by atoms with van der Waals surface area (Å²) >= 11 is 0. The molecule has 0 saturated carbocycles. The second-order valence-corrected chi connectivity index (χ2v) is 6.39. The fourth-order valence-electron chi connectivity index (χ4n) is 3.28. The maximum absolute atomic E-state index is 12.2. The van der Waals surface area contributed by atoms with Crippen LogP contribution < -0.4 is 14.2 Å². The third-order valence-corrected chi connectivity index (χ3v) is 4.47. The highest BCUT2D eigenvalue weighted by molar-refractivity contribution is 5.96. The van der Waals surface area contributed by atoms with Gasteiger partial charge < -0.3 is 18.9 Å². The summed E-state index contributed by atoms with van der Waals surface area (Å²) < 4.78 is 21.3. The van der Waals surface area contributed by atoms with Crippen molar-refractivity contribution in [2.45, 2.75) is 38.2 Å². The summed E-state index contributed by atoms with van der Waals surface area (Å²) in [6.45, 7) is 0. The Labute approximate surface area is 158 Å². The first-order valence-corrected chi connectivity index (χ1v) is 8.80. The zero-order valence-corrected chi connectivity index (χ0v) is 14.6. The van der Waals surface area contributed by atoms with Gasteiger partial charge in [-0.1, -0.05) is 6.42 Å². The molecule has 1 aromatic heterocycles. The summed E-state index contributed by atoms with van der Waals surface area (Å²) in [7, 11) is 0. The highest BCUT2D eigenvalue weighted by Crippen LogP contribution is 2.47. The molecule has 0 spiro atoms. The van der Waals surface area contributed by atoms with Crippen LogP contribution in [0.15, 0.2) is 24.3 Å². The molecule has 1 aliphatic carbocycles. The van der Waals surface area contributed by atoms with Crippen molar-refractivity contribution in [2.75, 3.05) is 0 Å². The maximum atomic E-state index is 12.2. The number of hydrogen-bond acceptors (Lipinski definition) is 9. The zero-order valence-electron chi connectivity index (χ0n) is 14.6. The number of esters is 4. The predicted molar refractivity (Wildman–Crippen MR) is 90.4 cm³/mol. The van der Waals surface area contributed by atoms with Crippen molar-refractivity contribution in [2.24, 2.45) is 0 Å². The first kappa shape index (κ1) is 17.9. The van der Waals surface area contributed by atoms with Gasteiger partial charge in [0.25, 0.3) is 5.88 Å². The van der Waals surface area contributed by atoms with Crippen LogP contribution in [0.3, 0.4) is 0 Å². The number of rotatable bonds is 0. The molecule has 1 aromatic rings. The number of ether oxygens (including phenoxy) is 4. The number of pyridine rings is 1. The Kier molecular flexibility index (Phi) is 4.64. The Morgan fingerprint density at radius 2 is 1.39 bits per heavy atom. The van der Waals surface area contributed by atoms with E-state index >= 15 is 0 Å². The van der Waals surface area contributed by atoms with Crippen LogP contribution in [0, 0.1) is 0 Å². The summed E-state index contributed by atoms with van der Waals surface area (Å²) in [5, 5.41) is 0. The van der Waals surface area contributed by atoms with Gasteiger partial charge in [-0.05, 0) is 25.7 Å². The lowest BCUT2D eigenvalue weighted by molar-refractivity contribution is -0.144. The SMILES string of the molecule is O=C1/C=C\C(=O)Oc2c(nc3c4c2OC(=O)/C=C\C(=O)OC4CCCCC3)O1. The van der Waals surface area contributed by atoms with Gasteiger partial charge in [0.05, 0.1) is 11.3 Å². The van der Waals surface area contributed by atoms with Crippen LogP contribution in [0.25, 0.3) is 0 Å². The lowest BCUT2D eigenvalue weighted by atomic mass is 9.93. The number of aromatic nitrogens is 1. The van der Waals surface area contributed by atoms with Crippen molar-refractivity contribution < 1.29 is 38.1 Å². The Morgan fingerprint density at radius 3 is 2.14 bits per heavy atom. The van der Waals surface area contributed by atoms with Crippen LogP contribution in [0.4, 0.5) is 0 Å². The minimum absolute atomic E-state index is 0.132. The molecule has 1 unspecified atom stereocenters. The molecule has 0 saturated heterocycles. The van der Waals surface area contributed by atoms with E-state index in [9.17, 15) is 19.2 Å². The molecule has 1 atom stereocenters. The summed E-state index contributed by atoms with van der Waals surface area (Å²) in [4.78, 5) is 52.3. The second kappa shape index (κ2) is 7.26. The van der Waals surface area contributed by atoms with Crippen LogP contribution in [-0.4, -0.2) is 28.9 Å². The van der Waals surface area contributed by atoms with Gasteiger partial charge in [-0.15, -0.1) is 0 Å². The number of carbonyl (C=O) groups excluding carboxylic acids is 4. The minimum atomic E-state index is -0.866. The molecule has 3 heterocycles. The van der Waals surface area contributed by atoms with Crippen LogP contribution in [0.2, 0.25) is 0 Å². The van der Waals surface area contributed by atoms with E-state index in [0.717, 1.165) is 43.6 Å². The molecule has 0 bridgehead atoms. The van der Waals surface area contributed by atoms with Gasteiger partial charge in [0.15, 0.2) is 5.75 Å². The van der Waals surface area contributed by atoms with Crippen LogP contribution in [0.1, 0.15) is 43.0 Å². The molecule has 3 aliphatic rings. The molecular weight excluding hydrogens is 370 g/mol. The Balaban J connectivity index is 1.97. The van der Waals surface area contributed by atoms with Crippen molar-refractivity contribution in [3.63, 3.8) is 0 Å². The van der Waals surface area contributed by atoms with E-state index in [1.54, 1.807) is 0 Å². The van der Waals surface area contributed by atoms with Crippen LogP contribution in [-0.2, 0) is 30.3 Å². The molecule has 0 fully saturated rings. The van der Waals surface area contributed by atoms with E-state index < -0.39 is 30.0 Å². The highest BCUT2D eigenvalue weighted by Gasteiger charge is 2.35. The lowest BCUT2D eigenvalue weighted by Gasteiger charge is -2.26. The van der Waals surface area contributed by atoms with Gasteiger partial charge in [0, 0.05) is 24.3 Å². The molecule has 4 rings (SSSR count). The van der Waals surface area contributed by atoms with Crippen molar-refractivity contribution in [1.82, 2.24) is 4.98 Å². The number of carbonyl (C=O) groups is 4. The number of aryl methyl sites for hydroxylation is 1. The maximum Gasteiger partial charge on any atom is 0.337 e. The third-order valence-electron chi connectivity index (χ3n) is 4.47. The van der Waals surface area contributed by atoms with Gasteiger partial charge in [-0.25, -0.2) is 24.2 Å². The first-order chi connectivity index (χ1) is 13.5. The number of nitrogens with zero attached hydrogens (tertiary/aromatic N) is 1. The largest absolute Gasteiger partial charge is 0.454 e. The minimum Gasteiger partial charge on any atom is -0.454 e. The summed E-state index contributed by atoms with van der Waals surface area (Å²) in [5.74, 6) is -3.95. The fourth-order valence-corrected chi connectivity index (χ4v) is 3.28. The van der Waals surface area contributed by atoms with E-state index in [4.69, 9.17) is 18.9 Å².